The average Bonchev–Trinajstić information content (AvgIpc) is 2.81. The molecule has 2 aromatic heterocycles. The van der Waals surface area contributed by atoms with Gasteiger partial charge in [-0.2, -0.15) is 0 Å². The molecule has 0 amide bonds. The van der Waals surface area contributed by atoms with Gasteiger partial charge in [0.2, 0.25) is 0 Å². The van der Waals surface area contributed by atoms with Crippen LogP contribution >= 0.6 is 0 Å². The normalized spacial score (nSPS) is 11.2. The van der Waals surface area contributed by atoms with Crippen molar-refractivity contribution in [3.05, 3.63) is 72.6 Å². The van der Waals surface area contributed by atoms with Crippen molar-refractivity contribution in [3.63, 3.8) is 0 Å². The van der Waals surface area contributed by atoms with Crippen molar-refractivity contribution in [2.24, 2.45) is 0 Å². The maximum atomic E-state index is 4.26. The molecule has 0 aliphatic heterocycles. The molecule has 0 saturated heterocycles. The van der Waals surface area contributed by atoms with Gasteiger partial charge < -0.3 is 4.57 Å². The molecule has 0 spiro atoms. The molecular formula is C18H14N2. The van der Waals surface area contributed by atoms with Crippen molar-refractivity contribution in [3.8, 4) is 5.69 Å². The Morgan fingerprint density at radius 1 is 0.850 bits per heavy atom. The molecule has 2 nitrogen and oxygen atoms in total. The molecule has 0 atom stereocenters. The van der Waals surface area contributed by atoms with Gasteiger partial charge >= 0.3 is 0 Å². The lowest BCUT2D eigenvalue weighted by molar-refractivity contribution is 1.14. The summed E-state index contributed by atoms with van der Waals surface area (Å²) < 4.78 is 2.28. The Hall–Kier alpha value is -2.61. The monoisotopic (exact) mass is 258 g/mol. The number of para-hydroxylation sites is 1. The van der Waals surface area contributed by atoms with Crippen LogP contribution < -0.4 is 0 Å². The second-order valence-corrected chi connectivity index (χ2v) is 5.08. The van der Waals surface area contributed by atoms with Crippen LogP contribution in [-0.4, -0.2) is 9.55 Å². The van der Waals surface area contributed by atoms with E-state index >= 15 is 0 Å². The molecule has 0 fully saturated rings. The number of pyridine rings is 1. The number of hydrogen-bond donors (Lipinski definition) is 0. The molecule has 0 N–H and O–H groups in total. The Balaban J connectivity index is 2.23. The molecule has 2 heterocycles. The highest BCUT2D eigenvalue weighted by Gasteiger charge is 2.11. The van der Waals surface area contributed by atoms with E-state index in [0.717, 1.165) is 5.69 Å². The first-order valence-electron chi connectivity index (χ1n) is 6.75. The lowest BCUT2D eigenvalue weighted by atomic mass is 10.1. The summed E-state index contributed by atoms with van der Waals surface area (Å²) in [6.45, 7) is 2.13. The van der Waals surface area contributed by atoms with E-state index in [0.29, 0.717) is 0 Å². The third kappa shape index (κ3) is 1.55. The molecule has 20 heavy (non-hydrogen) atoms. The van der Waals surface area contributed by atoms with Crippen LogP contribution in [0.1, 0.15) is 5.56 Å². The molecule has 2 aromatic carbocycles. The van der Waals surface area contributed by atoms with Crippen molar-refractivity contribution in [1.82, 2.24) is 9.55 Å². The molecule has 2 heteroatoms. The van der Waals surface area contributed by atoms with Gasteiger partial charge in [-0.3, -0.25) is 4.98 Å². The maximum absolute atomic E-state index is 4.26. The van der Waals surface area contributed by atoms with Gasteiger partial charge in [0.15, 0.2) is 0 Å². The van der Waals surface area contributed by atoms with Crippen LogP contribution in [0.15, 0.2) is 67.0 Å². The molecule has 0 unspecified atom stereocenters. The highest BCUT2D eigenvalue weighted by molar-refractivity contribution is 6.09. The second-order valence-electron chi connectivity index (χ2n) is 5.08. The molecule has 4 aromatic rings. The van der Waals surface area contributed by atoms with Crippen LogP contribution in [0, 0.1) is 6.92 Å². The summed E-state index contributed by atoms with van der Waals surface area (Å²) in [6.07, 6.45) is 3.72. The van der Waals surface area contributed by atoms with Crippen molar-refractivity contribution in [2.45, 2.75) is 6.92 Å². The van der Waals surface area contributed by atoms with Crippen LogP contribution in [0.4, 0.5) is 0 Å². The number of benzene rings is 2. The largest absolute Gasteiger partial charge is 0.308 e. The molecule has 0 aliphatic carbocycles. The van der Waals surface area contributed by atoms with Gasteiger partial charge in [-0.15, -0.1) is 0 Å². The number of aromatic nitrogens is 2. The minimum absolute atomic E-state index is 1.10. The minimum atomic E-state index is 1.10. The van der Waals surface area contributed by atoms with E-state index in [-0.39, 0.29) is 0 Å². The highest BCUT2D eigenvalue weighted by Crippen LogP contribution is 2.31. The number of hydrogen-bond acceptors (Lipinski definition) is 1. The zero-order valence-corrected chi connectivity index (χ0v) is 11.2. The van der Waals surface area contributed by atoms with Crippen LogP contribution in [0.2, 0.25) is 0 Å². The number of fused-ring (bicyclic) bond motifs is 3. The summed E-state index contributed by atoms with van der Waals surface area (Å²) >= 11 is 0. The smallest absolute Gasteiger partial charge is 0.0645 e. The number of nitrogens with zero attached hydrogens (tertiary/aromatic N) is 2. The topological polar surface area (TPSA) is 17.8 Å². The van der Waals surface area contributed by atoms with Crippen LogP contribution in [0.25, 0.3) is 27.5 Å². The lowest BCUT2D eigenvalue weighted by Crippen LogP contribution is -1.94. The van der Waals surface area contributed by atoms with E-state index in [1.807, 2.05) is 18.5 Å². The van der Waals surface area contributed by atoms with Crippen LogP contribution in [0.3, 0.4) is 0 Å². The third-order valence-corrected chi connectivity index (χ3v) is 3.73. The summed E-state index contributed by atoms with van der Waals surface area (Å²) in [5.74, 6) is 0. The molecule has 0 bridgehead atoms. The summed E-state index contributed by atoms with van der Waals surface area (Å²) in [7, 11) is 0. The van der Waals surface area contributed by atoms with Gasteiger partial charge in [0.25, 0.3) is 0 Å². The van der Waals surface area contributed by atoms with Crippen LogP contribution in [-0.2, 0) is 0 Å². The maximum Gasteiger partial charge on any atom is 0.0645 e. The quantitative estimate of drug-likeness (QED) is 0.492. The predicted molar refractivity (Wildman–Crippen MR) is 83.3 cm³/mol. The van der Waals surface area contributed by atoms with Crippen molar-refractivity contribution in [2.75, 3.05) is 0 Å². The fourth-order valence-electron chi connectivity index (χ4n) is 2.84. The first kappa shape index (κ1) is 11.2. The first-order valence-corrected chi connectivity index (χ1v) is 6.75. The van der Waals surface area contributed by atoms with E-state index < -0.39 is 0 Å². The van der Waals surface area contributed by atoms with E-state index in [1.165, 1.54) is 27.4 Å². The standard InChI is InChI=1S/C18H14N2/c1-13-8-9-16-15-6-2-3-7-17(15)20(18(16)11-13)14-5-4-10-19-12-14/h2-12H,1H3. The zero-order chi connectivity index (χ0) is 13.5. The fraction of sp³-hybridized carbons (Fsp3) is 0.0556. The Morgan fingerprint density at radius 2 is 1.70 bits per heavy atom. The molecule has 0 aliphatic rings. The molecule has 0 saturated carbocycles. The summed E-state index contributed by atoms with van der Waals surface area (Å²) in [5, 5.41) is 2.57. The number of rotatable bonds is 1. The van der Waals surface area contributed by atoms with Gasteiger partial charge in [0, 0.05) is 17.0 Å². The van der Waals surface area contributed by atoms with E-state index in [9.17, 15) is 0 Å². The fourth-order valence-corrected chi connectivity index (χ4v) is 2.84. The lowest BCUT2D eigenvalue weighted by Gasteiger charge is -2.06. The van der Waals surface area contributed by atoms with Crippen molar-refractivity contribution < 1.29 is 0 Å². The summed E-state index contributed by atoms with van der Waals surface area (Å²) in [5.41, 5.74) is 4.83. The van der Waals surface area contributed by atoms with E-state index in [1.54, 1.807) is 0 Å². The Labute approximate surface area is 117 Å². The third-order valence-electron chi connectivity index (χ3n) is 3.73. The summed E-state index contributed by atoms with van der Waals surface area (Å²) in [4.78, 5) is 4.26. The van der Waals surface area contributed by atoms with Crippen molar-refractivity contribution >= 4 is 21.8 Å². The van der Waals surface area contributed by atoms with Crippen LogP contribution in [0.5, 0.6) is 0 Å². The van der Waals surface area contributed by atoms with Gasteiger partial charge in [-0.25, -0.2) is 0 Å². The SMILES string of the molecule is Cc1ccc2c3ccccc3n(-c3cccnc3)c2c1. The van der Waals surface area contributed by atoms with Crippen molar-refractivity contribution in [1.29, 1.82) is 0 Å². The average molecular weight is 258 g/mol. The van der Waals surface area contributed by atoms with Gasteiger partial charge in [0.1, 0.15) is 0 Å². The van der Waals surface area contributed by atoms with Gasteiger partial charge in [-0.05, 0) is 36.8 Å². The minimum Gasteiger partial charge on any atom is -0.308 e. The molecular weight excluding hydrogens is 244 g/mol. The van der Waals surface area contributed by atoms with Gasteiger partial charge in [0.05, 0.1) is 22.9 Å². The molecule has 4 rings (SSSR count). The van der Waals surface area contributed by atoms with E-state index in [4.69, 9.17) is 0 Å². The predicted octanol–water partition coefficient (Wildman–Crippen LogP) is 4.49. The Morgan fingerprint density at radius 3 is 2.55 bits per heavy atom. The number of aryl methyl sites for hydroxylation is 1. The molecule has 0 radical (unpaired) electrons. The highest BCUT2D eigenvalue weighted by atomic mass is 15.0. The second kappa shape index (κ2) is 4.20. The molecule has 96 valence electrons. The van der Waals surface area contributed by atoms with E-state index in [2.05, 4.69) is 65.0 Å². The zero-order valence-electron chi connectivity index (χ0n) is 11.2. The summed E-state index contributed by atoms with van der Waals surface area (Å²) in [6, 6.07) is 19.2. The Kier molecular flexibility index (Phi) is 2.36. The Bertz CT molecular complexity index is 905. The first-order chi connectivity index (χ1) is 9.84. The van der Waals surface area contributed by atoms with Gasteiger partial charge in [-0.1, -0.05) is 30.3 Å².